The number of fused-ring (bicyclic) bond motifs is 4. The molecule has 67 heavy (non-hydrogen) atoms. The van der Waals surface area contributed by atoms with Gasteiger partial charge in [0.05, 0.1) is 36.5 Å². The Labute approximate surface area is 380 Å². The molecule has 3 nitrogen and oxygen atoms in total. The minimum Gasteiger partial charge on any atom is -0.496 e. The van der Waals surface area contributed by atoms with E-state index < -0.39 is 75.0 Å². The van der Waals surface area contributed by atoms with Crippen LogP contribution in [0.15, 0.2) is 91.0 Å². The van der Waals surface area contributed by atoms with Crippen LogP contribution in [0.25, 0.3) is 44.2 Å². The van der Waals surface area contributed by atoms with Crippen molar-refractivity contribution in [3.8, 4) is 44.9 Å². The lowest BCUT2D eigenvalue weighted by atomic mass is 9.76. The molecule has 0 radical (unpaired) electrons. The molecule has 0 unspecified atom stereocenters. The molecule has 0 amide bonds. The zero-order chi connectivity index (χ0) is 49.6. The van der Waals surface area contributed by atoms with Crippen molar-refractivity contribution in [2.75, 3.05) is 14.2 Å². The Bertz CT molecular complexity index is 2650. The van der Waals surface area contributed by atoms with Gasteiger partial charge < -0.3 is 9.47 Å². The Morgan fingerprint density at radius 3 is 1.18 bits per heavy atom. The van der Waals surface area contributed by atoms with Gasteiger partial charge in [0.1, 0.15) is 11.5 Å². The second kappa shape index (κ2) is 16.8. The van der Waals surface area contributed by atoms with E-state index in [1.54, 1.807) is 53.7 Å². The van der Waals surface area contributed by atoms with Gasteiger partial charge in [0, 0.05) is 41.4 Å². The summed E-state index contributed by atoms with van der Waals surface area (Å²) in [6.07, 6.45) is -20.9. The molecule has 15 heteroatoms. The number of hydrogen-bond acceptors (Lipinski definition) is 3. The quantitative estimate of drug-likeness (QED) is 0.155. The summed E-state index contributed by atoms with van der Waals surface area (Å²) in [5.41, 5.74) is -6.88. The standard InChI is InChI=1S/C52H47F12NO2/c1-27(35-16-12-14-28-13-10-11-15-36(28)35)65-25-39-37(23-41(47(2,3)4)45(66-8)43(39)29-17-31(49(53,54)55)21-32(18-29)50(56,57)58)38-24-42(48(5,6)7)46(67-9)44(40(38)26-65)30-19-33(51(59,60)61)22-34(20-30)52(62,63)64/h10-24,27H,25-26H2,1-9H3/t27-/m1/s1. The molecule has 0 aliphatic carbocycles. The smallest absolute Gasteiger partial charge is 0.416 e. The first-order chi connectivity index (χ1) is 30.8. The van der Waals surface area contributed by atoms with Crippen molar-refractivity contribution >= 4 is 10.8 Å². The summed E-state index contributed by atoms with van der Waals surface area (Å²) in [6.45, 7) is 12.0. The fourth-order valence-corrected chi connectivity index (χ4v) is 9.11. The molecule has 1 heterocycles. The summed E-state index contributed by atoms with van der Waals surface area (Å²) < 4.78 is 188. The first-order valence-corrected chi connectivity index (χ1v) is 21.1. The number of alkyl halides is 12. The highest BCUT2D eigenvalue weighted by Gasteiger charge is 2.42. The van der Waals surface area contributed by atoms with Gasteiger partial charge in [-0.1, -0.05) is 84.0 Å². The van der Waals surface area contributed by atoms with Crippen LogP contribution >= 0.6 is 0 Å². The summed E-state index contributed by atoms with van der Waals surface area (Å²) in [7, 11) is 2.51. The average molecular weight is 946 g/mol. The molecule has 0 fully saturated rings. The van der Waals surface area contributed by atoms with E-state index in [0.29, 0.717) is 35.4 Å². The molecule has 1 atom stereocenters. The number of ether oxygens (including phenoxy) is 2. The van der Waals surface area contributed by atoms with Crippen LogP contribution in [0.3, 0.4) is 0 Å². The Balaban J connectivity index is 1.74. The maximum atomic E-state index is 14.7. The molecule has 6 aromatic carbocycles. The predicted octanol–water partition coefficient (Wildman–Crippen LogP) is 16.6. The fraction of sp³-hybridized carbons (Fsp3) is 0.346. The van der Waals surface area contributed by atoms with Crippen LogP contribution in [0.5, 0.6) is 11.5 Å². The minimum absolute atomic E-state index is 0.0163. The maximum Gasteiger partial charge on any atom is 0.416 e. The number of rotatable bonds is 6. The molecule has 6 aromatic rings. The molecule has 1 aliphatic rings. The van der Waals surface area contributed by atoms with Crippen molar-refractivity contribution in [2.24, 2.45) is 0 Å². The van der Waals surface area contributed by atoms with Gasteiger partial charge in [-0.25, -0.2) is 0 Å². The van der Waals surface area contributed by atoms with E-state index in [1.807, 2.05) is 54.3 Å². The van der Waals surface area contributed by atoms with Crippen LogP contribution in [0.1, 0.15) is 105 Å². The first-order valence-electron chi connectivity index (χ1n) is 21.1. The van der Waals surface area contributed by atoms with Gasteiger partial charge in [0.2, 0.25) is 0 Å². The summed E-state index contributed by atoms with van der Waals surface area (Å²) in [5.74, 6) is -0.0326. The molecular formula is C52H47F12NO2. The highest BCUT2D eigenvalue weighted by Crippen LogP contribution is 2.55. The van der Waals surface area contributed by atoms with Crippen LogP contribution < -0.4 is 9.47 Å². The van der Waals surface area contributed by atoms with E-state index in [4.69, 9.17) is 9.47 Å². The summed E-state index contributed by atoms with van der Waals surface area (Å²) in [4.78, 5) is 1.85. The molecule has 0 aromatic heterocycles. The monoisotopic (exact) mass is 945 g/mol. The van der Waals surface area contributed by atoms with Crippen LogP contribution in [0.4, 0.5) is 52.7 Å². The van der Waals surface area contributed by atoms with Gasteiger partial charge in [0.15, 0.2) is 0 Å². The van der Waals surface area contributed by atoms with E-state index in [1.165, 1.54) is 14.2 Å². The molecule has 0 bridgehead atoms. The molecule has 0 saturated heterocycles. The lowest BCUT2D eigenvalue weighted by Gasteiger charge is -2.32. The number of nitrogens with zero attached hydrogens (tertiary/aromatic N) is 1. The van der Waals surface area contributed by atoms with Crippen molar-refractivity contribution < 1.29 is 62.2 Å². The zero-order valence-corrected chi connectivity index (χ0v) is 38.0. The summed E-state index contributed by atoms with van der Waals surface area (Å²) in [5, 5.41) is 1.63. The number of hydrogen-bond donors (Lipinski definition) is 0. The van der Waals surface area contributed by atoms with Gasteiger partial charge in [-0.05, 0) is 116 Å². The van der Waals surface area contributed by atoms with E-state index >= 15 is 0 Å². The molecule has 7 rings (SSSR count). The molecular weight excluding hydrogens is 899 g/mol. The lowest BCUT2D eigenvalue weighted by molar-refractivity contribution is -0.144. The Morgan fingerprint density at radius 1 is 0.478 bits per heavy atom. The van der Waals surface area contributed by atoms with Crippen LogP contribution in [-0.4, -0.2) is 19.1 Å². The van der Waals surface area contributed by atoms with Gasteiger partial charge in [-0.15, -0.1) is 0 Å². The molecule has 356 valence electrons. The maximum absolute atomic E-state index is 14.7. The van der Waals surface area contributed by atoms with Crippen LogP contribution in [-0.2, 0) is 48.6 Å². The van der Waals surface area contributed by atoms with E-state index in [-0.39, 0.29) is 70.1 Å². The average Bonchev–Trinajstić information content (AvgIpc) is 3.39. The van der Waals surface area contributed by atoms with E-state index in [0.717, 1.165) is 16.3 Å². The molecule has 0 spiro atoms. The summed E-state index contributed by atoms with van der Waals surface area (Å²) >= 11 is 0. The normalized spacial score (nSPS) is 14.7. The highest BCUT2D eigenvalue weighted by atomic mass is 19.4. The van der Waals surface area contributed by atoms with Gasteiger partial charge >= 0.3 is 24.7 Å². The fourth-order valence-electron chi connectivity index (χ4n) is 9.11. The Morgan fingerprint density at radius 2 is 0.836 bits per heavy atom. The van der Waals surface area contributed by atoms with E-state index in [9.17, 15) is 52.7 Å². The first kappa shape index (κ1) is 49.2. The number of methoxy groups -OCH3 is 2. The number of benzene rings is 6. The zero-order valence-electron chi connectivity index (χ0n) is 38.0. The third kappa shape index (κ3) is 9.45. The summed E-state index contributed by atoms with van der Waals surface area (Å²) in [6, 6.07) is 18.3. The topological polar surface area (TPSA) is 21.7 Å². The number of halogens is 12. The largest absolute Gasteiger partial charge is 0.496 e. The molecule has 1 aliphatic heterocycles. The van der Waals surface area contributed by atoms with Crippen molar-refractivity contribution in [1.82, 2.24) is 4.90 Å². The van der Waals surface area contributed by atoms with Crippen molar-refractivity contribution in [1.29, 1.82) is 0 Å². The third-order valence-electron chi connectivity index (χ3n) is 12.4. The van der Waals surface area contributed by atoms with Crippen molar-refractivity contribution in [3.05, 3.63) is 141 Å². The predicted molar refractivity (Wildman–Crippen MR) is 235 cm³/mol. The second-order valence-corrected chi connectivity index (χ2v) is 19.0. The Kier molecular flexibility index (Phi) is 12.3. The minimum atomic E-state index is -5.23. The Hall–Kier alpha value is -5.70. The van der Waals surface area contributed by atoms with Crippen molar-refractivity contribution in [3.63, 3.8) is 0 Å². The third-order valence-corrected chi connectivity index (χ3v) is 12.4. The van der Waals surface area contributed by atoms with Crippen LogP contribution in [0, 0.1) is 0 Å². The van der Waals surface area contributed by atoms with Gasteiger partial charge in [0.25, 0.3) is 0 Å². The lowest BCUT2D eigenvalue weighted by Crippen LogP contribution is -2.26. The van der Waals surface area contributed by atoms with Crippen molar-refractivity contribution in [2.45, 2.75) is 103 Å². The van der Waals surface area contributed by atoms with Gasteiger partial charge in [-0.2, -0.15) is 52.7 Å². The molecule has 0 N–H and O–H groups in total. The second-order valence-electron chi connectivity index (χ2n) is 19.0. The SMILES string of the molecule is COc1c(C(C)(C)C)cc2c(c1-c1cc(C(F)(F)F)cc(C(F)(F)F)c1)CN([C@H](C)c1cccc3ccccc13)Cc1c-2cc(C(C)(C)C)c(OC)c1-c1cc(C(F)(F)F)cc(C(F)(F)F)c1. The molecule has 0 saturated carbocycles. The van der Waals surface area contributed by atoms with Gasteiger partial charge in [-0.3, -0.25) is 4.90 Å². The van der Waals surface area contributed by atoms with Crippen LogP contribution in [0.2, 0.25) is 0 Å². The van der Waals surface area contributed by atoms with E-state index in [2.05, 4.69) is 0 Å². The highest BCUT2D eigenvalue weighted by molar-refractivity contribution is 5.92.